The first kappa shape index (κ1) is 12.7. The van der Waals surface area contributed by atoms with E-state index in [9.17, 15) is 5.11 Å². The Morgan fingerprint density at radius 1 is 1.14 bits per heavy atom. The minimum Gasteiger partial charge on any atom is -0.508 e. The van der Waals surface area contributed by atoms with Gasteiger partial charge in [0.15, 0.2) is 0 Å². The summed E-state index contributed by atoms with van der Waals surface area (Å²) in [5, 5.41) is 13.8. The lowest BCUT2D eigenvalue weighted by Crippen LogP contribution is -2.40. The number of fused-ring (bicyclic) bond motifs is 3. The first-order chi connectivity index (χ1) is 10.2. The summed E-state index contributed by atoms with van der Waals surface area (Å²) >= 11 is 0. The van der Waals surface area contributed by atoms with Crippen molar-refractivity contribution in [2.75, 3.05) is 11.9 Å². The van der Waals surface area contributed by atoms with E-state index in [1.807, 2.05) is 24.3 Å². The number of anilines is 1. The Morgan fingerprint density at radius 2 is 1.90 bits per heavy atom. The lowest BCUT2D eigenvalue weighted by Gasteiger charge is -2.43. The number of para-hydroxylation sites is 2. The van der Waals surface area contributed by atoms with Crippen molar-refractivity contribution < 1.29 is 9.84 Å². The predicted octanol–water partition coefficient (Wildman–Crippen LogP) is 3.81. The molecular weight excluding hydrogens is 262 g/mol. The van der Waals surface area contributed by atoms with Gasteiger partial charge < -0.3 is 15.2 Å². The molecule has 3 nitrogen and oxygen atoms in total. The van der Waals surface area contributed by atoms with E-state index in [1.165, 1.54) is 5.56 Å². The number of hydrogen-bond donors (Lipinski definition) is 2. The number of phenols is 1. The summed E-state index contributed by atoms with van der Waals surface area (Å²) in [6.07, 6.45) is 0.997. The van der Waals surface area contributed by atoms with Crippen LogP contribution in [0.4, 0.5) is 5.69 Å². The van der Waals surface area contributed by atoms with Crippen molar-refractivity contribution >= 4 is 5.69 Å². The quantitative estimate of drug-likeness (QED) is 0.835. The largest absolute Gasteiger partial charge is 0.508 e. The van der Waals surface area contributed by atoms with Crippen molar-refractivity contribution in [3.8, 4) is 5.75 Å². The van der Waals surface area contributed by atoms with Crippen LogP contribution in [0.3, 0.4) is 0 Å². The topological polar surface area (TPSA) is 41.5 Å². The number of phenolic OH excluding ortho intramolecular Hbond substituents is 1. The first-order valence-electron chi connectivity index (χ1n) is 7.48. The molecule has 0 unspecified atom stereocenters. The first-order valence-corrected chi connectivity index (χ1v) is 7.48. The third kappa shape index (κ3) is 1.77. The van der Waals surface area contributed by atoms with Crippen LogP contribution in [0.2, 0.25) is 0 Å². The Balaban J connectivity index is 1.87. The van der Waals surface area contributed by atoms with Gasteiger partial charge in [-0.1, -0.05) is 36.4 Å². The minimum atomic E-state index is -0.283. The van der Waals surface area contributed by atoms with E-state index >= 15 is 0 Å². The highest BCUT2D eigenvalue weighted by atomic mass is 16.5. The third-order valence-electron chi connectivity index (χ3n) is 4.99. The third-order valence-corrected chi connectivity index (χ3v) is 4.99. The number of benzene rings is 2. The number of ether oxygens (including phenoxy) is 1. The highest BCUT2D eigenvalue weighted by Crippen LogP contribution is 2.54. The van der Waals surface area contributed by atoms with Crippen molar-refractivity contribution in [1.29, 1.82) is 0 Å². The summed E-state index contributed by atoms with van der Waals surface area (Å²) in [4.78, 5) is 0. The predicted molar refractivity (Wildman–Crippen MR) is 82.3 cm³/mol. The van der Waals surface area contributed by atoms with Crippen LogP contribution < -0.4 is 5.32 Å². The van der Waals surface area contributed by atoms with Crippen molar-refractivity contribution in [3.05, 3.63) is 59.7 Å². The lowest BCUT2D eigenvalue weighted by atomic mass is 9.73. The van der Waals surface area contributed by atoms with E-state index in [-0.39, 0.29) is 11.6 Å². The highest BCUT2D eigenvalue weighted by molar-refractivity contribution is 5.59. The van der Waals surface area contributed by atoms with E-state index < -0.39 is 0 Å². The maximum Gasteiger partial charge on any atom is 0.120 e. The van der Waals surface area contributed by atoms with Crippen molar-refractivity contribution in [2.45, 2.75) is 25.0 Å². The van der Waals surface area contributed by atoms with E-state index in [1.54, 1.807) is 6.07 Å². The van der Waals surface area contributed by atoms with Gasteiger partial charge in [0, 0.05) is 29.3 Å². The van der Waals surface area contributed by atoms with Gasteiger partial charge in [-0.15, -0.1) is 0 Å². The van der Waals surface area contributed by atoms with Crippen LogP contribution in [0.1, 0.15) is 30.5 Å². The number of aromatic hydroxyl groups is 1. The Labute approximate surface area is 124 Å². The summed E-state index contributed by atoms with van der Waals surface area (Å²) in [6, 6.07) is 16.0. The van der Waals surface area contributed by atoms with Crippen molar-refractivity contribution in [3.63, 3.8) is 0 Å². The molecule has 2 aromatic carbocycles. The molecule has 3 heteroatoms. The van der Waals surface area contributed by atoms with Crippen molar-refractivity contribution in [1.82, 2.24) is 0 Å². The molecule has 1 fully saturated rings. The Kier molecular flexibility index (Phi) is 2.73. The van der Waals surface area contributed by atoms with Gasteiger partial charge in [-0.2, -0.15) is 0 Å². The summed E-state index contributed by atoms with van der Waals surface area (Å²) in [6.45, 7) is 2.94. The second-order valence-electron chi connectivity index (χ2n) is 6.08. The van der Waals surface area contributed by atoms with Gasteiger partial charge in [-0.05, 0) is 25.5 Å². The molecule has 4 rings (SSSR count). The zero-order valence-corrected chi connectivity index (χ0v) is 12.0. The molecule has 0 aliphatic carbocycles. The lowest BCUT2D eigenvalue weighted by molar-refractivity contribution is -0.0179. The van der Waals surface area contributed by atoms with Gasteiger partial charge >= 0.3 is 0 Å². The van der Waals surface area contributed by atoms with Crippen LogP contribution >= 0.6 is 0 Å². The van der Waals surface area contributed by atoms with Gasteiger partial charge in [0.05, 0.1) is 11.6 Å². The molecular formula is C18H19NO2. The molecule has 3 atom stereocenters. The molecule has 0 spiro atoms. The summed E-state index contributed by atoms with van der Waals surface area (Å²) in [7, 11) is 0. The SMILES string of the molecule is C[C@]12OCC[C@@H]1[C@@H](c1ccccc1O)Nc1ccccc12. The van der Waals surface area contributed by atoms with Gasteiger partial charge in [-0.3, -0.25) is 0 Å². The van der Waals surface area contributed by atoms with Gasteiger partial charge in [-0.25, -0.2) is 0 Å². The van der Waals surface area contributed by atoms with E-state index in [0.717, 1.165) is 24.3 Å². The average Bonchev–Trinajstić information content (AvgIpc) is 2.90. The molecule has 2 aliphatic rings. The molecule has 108 valence electrons. The normalized spacial score (nSPS) is 30.3. The molecule has 0 saturated carbocycles. The molecule has 1 saturated heterocycles. The maximum absolute atomic E-state index is 10.2. The fourth-order valence-electron chi connectivity index (χ4n) is 3.90. The van der Waals surface area contributed by atoms with E-state index in [4.69, 9.17) is 4.74 Å². The van der Waals surface area contributed by atoms with E-state index in [0.29, 0.717) is 11.7 Å². The second kappa shape index (κ2) is 4.50. The maximum atomic E-state index is 10.2. The zero-order chi connectivity index (χ0) is 14.4. The van der Waals surface area contributed by atoms with E-state index in [2.05, 4.69) is 30.4 Å². The highest BCUT2D eigenvalue weighted by Gasteiger charge is 2.50. The number of rotatable bonds is 1. The number of nitrogens with one attached hydrogen (secondary N) is 1. The van der Waals surface area contributed by atoms with Crippen LogP contribution in [0.5, 0.6) is 5.75 Å². The molecule has 0 amide bonds. The van der Waals surface area contributed by atoms with Crippen LogP contribution in [0, 0.1) is 5.92 Å². The molecule has 0 radical (unpaired) electrons. The van der Waals surface area contributed by atoms with Crippen LogP contribution in [0.25, 0.3) is 0 Å². The van der Waals surface area contributed by atoms with Crippen LogP contribution in [-0.4, -0.2) is 11.7 Å². The molecule has 2 aliphatic heterocycles. The zero-order valence-electron chi connectivity index (χ0n) is 12.0. The fraction of sp³-hybridized carbons (Fsp3) is 0.333. The van der Waals surface area contributed by atoms with Gasteiger partial charge in [0.25, 0.3) is 0 Å². The molecule has 0 aromatic heterocycles. The Hall–Kier alpha value is -2.00. The minimum absolute atomic E-state index is 0.0774. The van der Waals surface area contributed by atoms with Gasteiger partial charge in [0.1, 0.15) is 5.75 Å². The molecule has 2 aromatic rings. The Morgan fingerprint density at radius 3 is 2.76 bits per heavy atom. The van der Waals surface area contributed by atoms with Crippen LogP contribution in [0.15, 0.2) is 48.5 Å². The summed E-state index contributed by atoms with van der Waals surface area (Å²) < 4.78 is 6.14. The Bertz CT molecular complexity index is 684. The molecule has 0 bridgehead atoms. The monoisotopic (exact) mass is 281 g/mol. The molecule has 2 N–H and O–H groups in total. The number of hydrogen-bond acceptors (Lipinski definition) is 3. The smallest absolute Gasteiger partial charge is 0.120 e. The fourth-order valence-corrected chi connectivity index (χ4v) is 3.90. The average molecular weight is 281 g/mol. The molecule has 21 heavy (non-hydrogen) atoms. The summed E-state index contributed by atoms with van der Waals surface area (Å²) in [5.41, 5.74) is 2.99. The molecule has 2 heterocycles. The van der Waals surface area contributed by atoms with Crippen molar-refractivity contribution in [2.24, 2.45) is 5.92 Å². The van der Waals surface area contributed by atoms with Crippen LogP contribution in [-0.2, 0) is 10.3 Å². The second-order valence-corrected chi connectivity index (χ2v) is 6.08. The summed E-state index contributed by atoms with van der Waals surface area (Å²) in [5.74, 6) is 0.671. The van der Waals surface area contributed by atoms with Gasteiger partial charge in [0.2, 0.25) is 0 Å². The standard InChI is InChI=1S/C18H19NO2/c1-18-13-7-3-4-8-15(13)19-17(14(18)10-11-21-18)12-6-2-5-9-16(12)20/h2-9,14,17,19-20H,10-11H2,1H3/t14-,17-,18-/m1/s1.